The maximum atomic E-state index is 11.6. The molecule has 0 radical (unpaired) electrons. The molecular formula is C9H9IN4OS. The van der Waals surface area contributed by atoms with Crippen molar-refractivity contribution >= 4 is 39.8 Å². The summed E-state index contributed by atoms with van der Waals surface area (Å²) in [7, 11) is 0. The molecule has 0 unspecified atom stereocenters. The Morgan fingerprint density at radius 1 is 1.62 bits per heavy atom. The van der Waals surface area contributed by atoms with Gasteiger partial charge in [-0.2, -0.15) is 5.10 Å². The number of halogens is 1. The van der Waals surface area contributed by atoms with Crippen LogP contribution in [0, 0.1) is 2.88 Å². The summed E-state index contributed by atoms with van der Waals surface area (Å²) in [5.74, 6) is 0.735. The predicted octanol–water partition coefficient (Wildman–Crippen LogP) is 1.44. The van der Waals surface area contributed by atoms with Gasteiger partial charge in [0.15, 0.2) is 0 Å². The highest BCUT2D eigenvalue weighted by Crippen LogP contribution is 2.16. The number of amides is 1. The van der Waals surface area contributed by atoms with Gasteiger partial charge in [-0.15, -0.1) is 11.3 Å². The Balaban J connectivity index is 1.80. The van der Waals surface area contributed by atoms with E-state index >= 15 is 0 Å². The number of aromatic amines is 1. The number of carbonyl (C=O) groups excluding carboxylic acids is 1. The van der Waals surface area contributed by atoms with Gasteiger partial charge < -0.3 is 5.32 Å². The SMILES string of the molecule is O=C(NCCc1ncn[nH]1)c1csc(I)c1. The number of carbonyl (C=O) groups is 1. The average molecular weight is 348 g/mol. The highest BCUT2D eigenvalue weighted by Gasteiger charge is 2.07. The second-order valence-corrected chi connectivity index (χ2v) is 5.88. The number of hydrogen-bond acceptors (Lipinski definition) is 4. The van der Waals surface area contributed by atoms with Crippen LogP contribution in [-0.4, -0.2) is 27.6 Å². The smallest absolute Gasteiger partial charge is 0.252 e. The molecule has 0 saturated heterocycles. The third-order valence-electron chi connectivity index (χ3n) is 1.94. The van der Waals surface area contributed by atoms with Crippen molar-refractivity contribution in [2.75, 3.05) is 6.54 Å². The fourth-order valence-electron chi connectivity index (χ4n) is 1.18. The van der Waals surface area contributed by atoms with Crippen molar-refractivity contribution in [1.82, 2.24) is 20.5 Å². The van der Waals surface area contributed by atoms with Crippen molar-refractivity contribution in [3.63, 3.8) is 0 Å². The molecule has 5 nitrogen and oxygen atoms in total. The number of thiophene rings is 1. The van der Waals surface area contributed by atoms with Crippen LogP contribution in [0.5, 0.6) is 0 Å². The van der Waals surface area contributed by atoms with Crippen molar-refractivity contribution < 1.29 is 4.79 Å². The summed E-state index contributed by atoms with van der Waals surface area (Å²) in [6, 6.07) is 1.87. The molecule has 0 bridgehead atoms. The van der Waals surface area contributed by atoms with E-state index in [0.29, 0.717) is 18.5 Å². The normalized spacial score (nSPS) is 10.3. The molecule has 0 aliphatic rings. The Morgan fingerprint density at radius 3 is 3.12 bits per heavy atom. The molecule has 1 amide bonds. The number of rotatable bonds is 4. The van der Waals surface area contributed by atoms with Gasteiger partial charge in [0.25, 0.3) is 5.91 Å². The fourth-order valence-corrected chi connectivity index (χ4v) is 2.50. The number of nitrogens with one attached hydrogen (secondary N) is 2. The maximum absolute atomic E-state index is 11.6. The van der Waals surface area contributed by atoms with Crippen LogP contribution in [0.2, 0.25) is 0 Å². The molecule has 0 aromatic carbocycles. The average Bonchev–Trinajstić information content (AvgIpc) is 2.89. The second kappa shape index (κ2) is 5.39. The van der Waals surface area contributed by atoms with Crippen molar-refractivity contribution in [2.45, 2.75) is 6.42 Å². The maximum Gasteiger partial charge on any atom is 0.252 e. The summed E-state index contributed by atoms with van der Waals surface area (Å²) >= 11 is 3.76. The topological polar surface area (TPSA) is 70.7 Å². The van der Waals surface area contributed by atoms with Crippen molar-refractivity contribution in [3.05, 3.63) is 32.0 Å². The zero-order valence-electron chi connectivity index (χ0n) is 8.24. The van der Waals surface area contributed by atoms with E-state index in [1.165, 1.54) is 6.33 Å². The highest BCUT2D eigenvalue weighted by molar-refractivity contribution is 14.1. The van der Waals surface area contributed by atoms with Gasteiger partial charge >= 0.3 is 0 Å². The molecule has 0 atom stereocenters. The van der Waals surface area contributed by atoms with E-state index in [0.717, 1.165) is 8.71 Å². The van der Waals surface area contributed by atoms with E-state index in [1.54, 1.807) is 11.3 Å². The first-order chi connectivity index (χ1) is 7.75. The minimum absolute atomic E-state index is 0.0429. The number of nitrogens with zero attached hydrogens (tertiary/aromatic N) is 2. The van der Waals surface area contributed by atoms with Crippen LogP contribution in [0.3, 0.4) is 0 Å². The van der Waals surface area contributed by atoms with Crippen molar-refractivity contribution in [2.24, 2.45) is 0 Å². The van der Waals surface area contributed by atoms with Crippen LogP contribution in [0.15, 0.2) is 17.8 Å². The molecule has 7 heteroatoms. The molecule has 0 aliphatic carbocycles. The Hall–Kier alpha value is -0.960. The summed E-state index contributed by atoms with van der Waals surface area (Å²) in [6.45, 7) is 0.556. The molecule has 2 aromatic heterocycles. The molecule has 2 rings (SSSR count). The summed E-state index contributed by atoms with van der Waals surface area (Å²) in [5.41, 5.74) is 0.715. The number of aromatic nitrogens is 3. The van der Waals surface area contributed by atoms with Crippen LogP contribution < -0.4 is 5.32 Å². The molecule has 84 valence electrons. The van der Waals surface area contributed by atoms with Gasteiger partial charge in [0.05, 0.1) is 8.45 Å². The molecule has 2 aromatic rings. The van der Waals surface area contributed by atoms with Gasteiger partial charge in [0.2, 0.25) is 0 Å². The van der Waals surface area contributed by atoms with E-state index in [-0.39, 0.29) is 5.91 Å². The monoisotopic (exact) mass is 348 g/mol. The molecule has 0 aliphatic heterocycles. The largest absolute Gasteiger partial charge is 0.352 e. The van der Waals surface area contributed by atoms with E-state index in [9.17, 15) is 4.79 Å². The summed E-state index contributed by atoms with van der Waals surface area (Å²) in [4.78, 5) is 15.6. The first-order valence-electron chi connectivity index (χ1n) is 4.62. The lowest BCUT2D eigenvalue weighted by molar-refractivity contribution is 0.0954. The highest BCUT2D eigenvalue weighted by atomic mass is 127. The van der Waals surface area contributed by atoms with Crippen molar-refractivity contribution in [3.8, 4) is 0 Å². The Labute approximate surface area is 110 Å². The molecule has 2 N–H and O–H groups in total. The van der Waals surface area contributed by atoms with E-state index in [2.05, 4.69) is 43.1 Å². The zero-order chi connectivity index (χ0) is 11.4. The van der Waals surface area contributed by atoms with Gasteiger partial charge in [-0.05, 0) is 28.7 Å². The lowest BCUT2D eigenvalue weighted by Crippen LogP contribution is -2.25. The quantitative estimate of drug-likeness (QED) is 0.822. The molecule has 0 spiro atoms. The minimum Gasteiger partial charge on any atom is -0.352 e. The van der Waals surface area contributed by atoms with Gasteiger partial charge in [0, 0.05) is 18.3 Å². The van der Waals surface area contributed by atoms with Gasteiger partial charge in [-0.25, -0.2) is 4.98 Å². The molecule has 16 heavy (non-hydrogen) atoms. The third-order valence-corrected chi connectivity index (χ3v) is 3.73. The van der Waals surface area contributed by atoms with Crippen molar-refractivity contribution in [1.29, 1.82) is 0 Å². The van der Waals surface area contributed by atoms with Gasteiger partial charge in [-0.1, -0.05) is 0 Å². The fraction of sp³-hybridized carbons (Fsp3) is 0.222. The van der Waals surface area contributed by atoms with Crippen LogP contribution in [0.4, 0.5) is 0 Å². The van der Waals surface area contributed by atoms with Gasteiger partial charge in [-0.3, -0.25) is 9.89 Å². The third kappa shape index (κ3) is 3.01. The van der Waals surface area contributed by atoms with Gasteiger partial charge in [0.1, 0.15) is 12.2 Å². The zero-order valence-corrected chi connectivity index (χ0v) is 11.2. The molecular weight excluding hydrogens is 339 g/mol. The Morgan fingerprint density at radius 2 is 2.50 bits per heavy atom. The van der Waals surface area contributed by atoms with E-state index in [4.69, 9.17) is 0 Å². The van der Waals surface area contributed by atoms with Crippen LogP contribution in [-0.2, 0) is 6.42 Å². The lowest BCUT2D eigenvalue weighted by Gasteiger charge is -2.01. The second-order valence-electron chi connectivity index (χ2n) is 3.08. The number of hydrogen-bond donors (Lipinski definition) is 2. The first-order valence-corrected chi connectivity index (χ1v) is 6.58. The minimum atomic E-state index is -0.0429. The van der Waals surface area contributed by atoms with Crippen LogP contribution in [0.1, 0.15) is 16.2 Å². The Bertz CT molecular complexity index is 468. The summed E-state index contributed by atoms with van der Waals surface area (Å²) in [6.07, 6.45) is 2.12. The first kappa shape index (κ1) is 11.5. The lowest BCUT2D eigenvalue weighted by atomic mass is 10.3. The van der Waals surface area contributed by atoms with Crippen LogP contribution >= 0.6 is 33.9 Å². The number of H-pyrrole nitrogens is 1. The summed E-state index contributed by atoms with van der Waals surface area (Å²) < 4.78 is 1.11. The standard InChI is InChI=1S/C9H9IN4OS/c10-7-3-6(4-16-7)9(15)11-2-1-8-12-5-13-14-8/h3-5H,1-2H2,(H,11,15)(H,12,13,14). The molecule has 0 fully saturated rings. The van der Waals surface area contributed by atoms with E-state index in [1.807, 2.05) is 11.4 Å². The Kier molecular flexibility index (Phi) is 3.88. The molecule has 2 heterocycles. The molecule has 0 saturated carbocycles. The van der Waals surface area contributed by atoms with Crippen LogP contribution in [0.25, 0.3) is 0 Å². The predicted molar refractivity (Wildman–Crippen MR) is 69.5 cm³/mol. The summed E-state index contributed by atoms with van der Waals surface area (Å²) in [5, 5.41) is 11.2. The van der Waals surface area contributed by atoms with E-state index < -0.39 is 0 Å².